The molecule has 0 spiro atoms. The van der Waals surface area contributed by atoms with Crippen molar-refractivity contribution < 1.29 is 4.79 Å². The van der Waals surface area contributed by atoms with Crippen LogP contribution >= 0.6 is 27.7 Å². The van der Waals surface area contributed by atoms with Gasteiger partial charge in [-0.25, -0.2) is 0 Å². The summed E-state index contributed by atoms with van der Waals surface area (Å²) < 4.78 is 0.969. The maximum Gasteiger partial charge on any atom is 0.242 e. The lowest BCUT2D eigenvalue weighted by atomic mass is 10.1. The monoisotopic (exact) mass is 319 g/mol. The Morgan fingerprint density at radius 3 is 2.61 bits per heavy atom. The predicted molar refractivity (Wildman–Crippen MR) is 77.8 cm³/mol. The first-order valence-corrected chi connectivity index (χ1v) is 7.24. The lowest BCUT2D eigenvalue weighted by Crippen LogP contribution is -2.23. The van der Waals surface area contributed by atoms with Gasteiger partial charge in [-0.3, -0.25) is 4.79 Å². The summed E-state index contributed by atoms with van der Waals surface area (Å²) in [6.45, 7) is 0. The molecule has 0 aliphatic carbocycles. The minimum atomic E-state index is -0.199. The van der Waals surface area contributed by atoms with Gasteiger partial charge in [0.2, 0.25) is 5.91 Å². The number of carbonyl (C=O) groups excluding carboxylic acids is 1. The number of thioether (sulfide) groups is 1. The molecule has 1 atom stereocenters. The highest BCUT2D eigenvalue weighted by molar-refractivity contribution is 9.10. The van der Waals surface area contributed by atoms with Crippen LogP contribution in [0.5, 0.6) is 0 Å². The molecule has 2 nitrogen and oxygen atoms in total. The van der Waals surface area contributed by atoms with Gasteiger partial charge in [0.1, 0.15) is 5.25 Å². The van der Waals surface area contributed by atoms with E-state index in [1.807, 2.05) is 48.5 Å². The molecule has 2 aromatic carbocycles. The molecule has 1 heterocycles. The number of halogens is 1. The van der Waals surface area contributed by atoms with Crippen LogP contribution in [0, 0.1) is 0 Å². The number of fused-ring (bicyclic) bond motifs is 1. The largest absolute Gasteiger partial charge is 0.324 e. The lowest BCUT2D eigenvalue weighted by Gasteiger charge is -2.24. The van der Waals surface area contributed by atoms with E-state index in [2.05, 4.69) is 21.2 Å². The van der Waals surface area contributed by atoms with E-state index in [0.717, 1.165) is 20.6 Å². The van der Waals surface area contributed by atoms with E-state index in [0.29, 0.717) is 0 Å². The number of amides is 1. The van der Waals surface area contributed by atoms with E-state index in [4.69, 9.17) is 0 Å². The number of nitrogens with one attached hydrogen (secondary N) is 1. The van der Waals surface area contributed by atoms with Crippen molar-refractivity contribution in [3.8, 4) is 0 Å². The third-order valence-corrected chi connectivity index (χ3v) is 4.85. The molecule has 1 N–H and O–H groups in total. The molecule has 90 valence electrons. The second-order valence-corrected chi connectivity index (χ2v) is 6.01. The SMILES string of the molecule is O=C1Nc2ccccc2SC1c1ccccc1Br. The van der Waals surface area contributed by atoms with Crippen molar-refractivity contribution in [2.45, 2.75) is 10.1 Å². The van der Waals surface area contributed by atoms with E-state index in [1.54, 1.807) is 11.8 Å². The quantitative estimate of drug-likeness (QED) is 0.852. The van der Waals surface area contributed by atoms with Crippen molar-refractivity contribution >= 4 is 39.3 Å². The molecule has 1 unspecified atom stereocenters. The van der Waals surface area contributed by atoms with Gasteiger partial charge in [0, 0.05) is 9.37 Å². The minimum absolute atomic E-state index is 0.0330. The van der Waals surface area contributed by atoms with E-state index in [-0.39, 0.29) is 11.2 Å². The van der Waals surface area contributed by atoms with Crippen LogP contribution in [-0.4, -0.2) is 5.91 Å². The maximum atomic E-state index is 12.2. The first kappa shape index (κ1) is 11.8. The van der Waals surface area contributed by atoms with Gasteiger partial charge in [-0.05, 0) is 23.8 Å². The van der Waals surface area contributed by atoms with E-state index < -0.39 is 0 Å². The lowest BCUT2D eigenvalue weighted by molar-refractivity contribution is -0.115. The highest BCUT2D eigenvalue weighted by Crippen LogP contribution is 2.45. The van der Waals surface area contributed by atoms with Crippen LogP contribution < -0.4 is 5.32 Å². The standard InChI is InChI=1S/C14H10BrNOS/c15-10-6-2-1-5-9(10)13-14(17)16-11-7-3-4-8-12(11)18-13/h1-8,13H,(H,16,17). The molecule has 0 saturated carbocycles. The molecule has 1 amide bonds. The Balaban J connectivity index is 2.01. The Bertz CT molecular complexity index is 614. The highest BCUT2D eigenvalue weighted by Gasteiger charge is 2.29. The van der Waals surface area contributed by atoms with Crippen LogP contribution in [0.15, 0.2) is 57.9 Å². The molecular weight excluding hydrogens is 310 g/mol. The van der Waals surface area contributed by atoms with Crippen LogP contribution in [0.4, 0.5) is 5.69 Å². The number of benzene rings is 2. The molecule has 4 heteroatoms. The van der Waals surface area contributed by atoms with Gasteiger partial charge in [0.25, 0.3) is 0 Å². The molecule has 0 aromatic heterocycles. The van der Waals surface area contributed by atoms with Crippen molar-refractivity contribution in [1.29, 1.82) is 0 Å². The molecule has 18 heavy (non-hydrogen) atoms. The Morgan fingerprint density at radius 2 is 1.78 bits per heavy atom. The predicted octanol–water partition coefficient (Wildman–Crippen LogP) is 4.23. The van der Waals surface area contributed by atoms with E-state index >= 15 is 0 Å². The van der Waals surface area contributed by atoms with Crippen molar-refractivity contribution in [3.63, 3.8) is 0 Å². The first-order valence-electron chi connectivity index (χ1n) is 5.56. The highest BCUT2D eigenvalue weighted by atomic mass is 79.9. The summed E-state index contributed by atoms with van der Waals surface area (Å²) in [5.41, 5.74) is 1.91. The van der Waals surface area contributed by atoms with Crippen molar-refractivity contribution in [2.75, 3.05) is 5.32 Å². The molecule has 2 aromatic rings. The second-order valence-electron chi connectivity index (χ2n) is 4.00. The Hall–Kier alpha value is -1.26. The third-order valence-electron chi connectivity index (χ3n) is 2.82. The molecule has 0 fully saturated rings. The fourth-order valence-electron chi connectivity index (χ4n) is 1.94. The summed E-state index contributed by atoms with van der Waals surface area (Å²) in [6.07, 6.45) is 0. The topological polar surface area (TPSA) is 29.1 Å². The number of hydrogen-bond acceptors (Lipinski definition) is 2. The van der Waals surface area contributed by atoms with Gasteiger partial charge >= 0.3 is 0 Å². The number of rotatable bonds is 1. The van der Waals surface area contributed by atoms with Crippen molar-refractivity contribution in [3.05, 3.63) is 58.6 Å². The molecule has 3 rings (SSSR count). The van der Waals surface area contributed by atoms with Crippen LogP contribution in [0.1, 0.15) is 10.8 Å². The number of hydrogen-bond donors (Lipinski definition) is 1. The molecular formula is C14H10BrNOS. The van der Waals surface area contributed by atoms with Gasteiger partial charge in [-0.2, -0.15) is 0 Å². The zero-order chi connectivity index (χ0) is 12.5. The minimum Gasteiger partial charge on any atom is -0.324 e. The normalized spacial score (nSPS) is 18.1. The molecule has 0 bridgehead atoms. The first-order chi connectivity index (χ1) is 8.75. The number of carbonyl (C=O) groups is 1. The summed E-state index contributed by atoms with van der Waals surface area (Å²) in [5, 5.41) is 2.76. The van der Waals surface area contributed by atoms with E-state index in [1.165, 1.54) is 0 Å². The van der Waals surface area contributed by atoms with E-state index in [9.17, 15) is 4.79 Å². The number of anilines is 1. The zero-order valence-corrected chi connectivity index (χ0v) is 11.8. The van der Waals surface area contributed by atoms with Crippen LogP contribution in [0.3, 0.4) is 0 Å². The zero-order valence-electron chi connectivity index (χ0n) is 9.39. The van der Waals surface area contributed by atoms with Crippen LogP contribution in [-0.2, 0) is 4.79 Å². The average molecular weight is 320 g/mol. The Labute approximate surface area is 118 Å². The van der Waals surface area contributed by atoms with Gasteiger partial charge < -0.3 is 5.32 Å². The second kappa shape index (κ2) is 4.78. The van der Waals surface area contributed by atoms with Gasteiger partial charge in [0.15, 0.2) is 0 Å². The van der Waals surface area contributed by atoms with Crippen molar-refractivity contribution in [1.82, 2.24) is 0 Å². The van der Waals surface area contributed by atoms with Gasteiger partial charge in [-0.1, -0.05) is 46.3 Å². The van der Waals surface area contributed by atoms with Crippen molar-refractivity contribution in [2.24, 2.45) is 0 Å². The number of para-hydroxylation sites is 1. The molecule has 0 saturated heterocycles. The summed E-state index contributed by atoms with van der Waals surface area (Å²) in [6, 6.07) is 15.7. The third kappa shape index (κ3) is 2.06. The van der Waals surface area contributed by atoms with Crippen LogP contribution in [0.25, 0.3) is 0 Å². The smallest absolute Gasteiger partial charge is 0.242 e. The Kier molecular flexibility index (Phi) is 3.14. The summed E-state index contributed by atoms with van der Waals surface area (Å²) >= 11 is 5.10. The molecule has 0 radical (unpaired) electrons. The maximum absolute atomic E-state index is 12.2. The average Bonchev–Trinajstić information content (AvgIpc) is 2.39. The summed E-state index contributed by atoms with van der Waals surface area (Å²) in [7, 11) is 0. The molecule has 1 aliphatic heterocycles. The van der Waals surface area contributed by atoms with Gasteiger partial charge in [0.05, 0.1) is 5.69 Å². The Morgan fingerprint density at radius 1 is 1.06 bits per heavy atom. The summed E-state index contributed by atoms with van der Waals surface area (Å²) in [4.78, 5) is 13.3. The van der Waals surface area contributed by atoms with Gasteiger partial charge in [-0.15, -0.1) is 11.8 Å². The fourth-order valence-corrected chi connectivity index (χ4v) is 3.76. The fraction of sp³-hybridized carbons (Fsp3) is 0.0714. The summed E-state index contributed by atoms with van der Waals surface area (Å²) in [5.74, 6) is 0.0330. The molecule has 1 aliphatic rings. The van der Waals surface area contributed by atoms with Crippen LogP contribution in [0.2, 0.25) is 0 Å².